The van der Waals surface area contributed by atoms with Crippen molar-refractivity contribution in [1.82, 2.24) is 0 Å². The first kappa shape index (κ1) is 9.51. The molecule has 0 aromatic carbocycles. The molecular formula is C9H10O4. The zero-order valence-corrected chi connectivity index (χ0v) is 7.19. The predicted octanol–water partition coefficient (Wildman–Crippen LogP) is 1.57. The Morgan fingerprint density at radius 1 is 1.62 bits per heavy atom. The minimum Gasteiger partial charge on any atom is -0.481 e. The zero-order chi connectivity index (χ0) is 9.84. The summed E-state index contributed by atoms with van der Waals surface area (Å²) in [5.74, 6) is -1.70. The van der Waals surface area contributed by atoms with Crippen molar-refractivity contribution in [2.24, 2.45) is 5.92 Å². The van der Waals surface area contributed by atoms with Gasteiger partial charge in [-0.15, -0.1) is 0 Å². The maximum absolute atomic E-state index is 11.3. The Balaban J connectivity index is 2.56. The summed E-state index contributed by atoms with van der Waals surface area (Å²) in [4.78, 5) is 21.7. The summed E-state index contributed by atoms with van der Waals surface area (Å²) in [7, 11) is 0. The van der Waals surface area contributed by atoms with Crippen molar-refractivity contribution in [3.63, 3.8) is 0 Å². The van der Waals surface area contributed by atoms with Crippen LogP contribution in [0.3, 0.4) is 0 Å². The summed E-state index contributed by atoms with van der Waals surface area (Å²) in [6, 6.07) is 3.12. The quantitative estimate of drug-likeness (QED) is 0.717. The van der Waals surface area contributed by atoms with Crippen LogP contribution in [0.1, 0.15) is 23.9 Å². The Bertz CT molecular complexity index is 299. The van der Waals surface area contributed by atoms with Gasteiger partial charge < -0.3 is 9.52 Å². The summed E-state index contributed by atoms with van der Waals surface area (Å²) in [6.45, 7) is 1.49. The fraction of sp³-hybridized carbons (Fsp3) is 0.333. The van der Waals surface area contributed by atoms with Crippen LogP contribution < -0.4 is 0 Å². The summed E-state index contributed by atoms with van der Waals surface area (Å²) in [5.41, 5.74) is 0. The Hall–Kier alpha value is -1.58. The van der Waals surface area contributed by atoms with Crippen molar-refractivity contribution in [2.45, 2.75) is 13.3 Å². The molecule has 1 rings (SSSR count). The standard InChI is InChI=1S/C9H10O4/c1-6(9(11)12)5-7(10)8-3-2-4-13-8/h2-4,6H,5H2,1H3,(H,11,12)/t6-/m0/s1. The smallest absolute Gasteiger partial charge is 0.306 e. The van der Waals surface area contributed by atoms with E-state index in [2.05, 4.69) is 0 Å². The van der Waals surface area contributed by atoms with Crippen LogP contribution >= 0.6 is 0 Å². The third-order valence-electron chi connectivity index (χ3n) is 1.71. The summed E-state index contributed by atoms with van der Waals surface area (Å²) in [5, 5.41) is 8.55. The Morgan fingerprint density at radius 3 is 2.77 bits per heavy atom. The number of carbonyl (C=O) groups excluding carboxylic acids is 1. The Kier molecular flexibility index (Phi) is 2.84. The average Bonchev–Trinajstić information content (AvgIpc) is 2.55. The van der Waals surface area contributed by atoms with Crippen molar-refractivity contribution in [3.05, 3.63) is 24.2 Å². The molecule has 0 aliphatic rings. The lowest BCUT2D eigenvalue weighted by Crippen LogP contribution is -2.14. The lowest BCUT2D eigenvalue weighted by Gasteiger charge is -2.02. The minimum atomic E-state index is -0.972. The first-order valence-electron chi connectivity index (χ1n) is 3.90. The maximum atomic E-state index is 11.3. The van der Waals surface area contributed by atoms with E-state index in [1.54, 1.807) is 6.07 Å². The fourth-order valence-electron chi connectivity index (χ4n) is 0.903. The second-order valence-electron chi connectivity index (χ2n) is 2.84. The van der Waals surface area contributed by atoms with Crippen LogP contribution in [0.5, 0.6) is 0 Å². The third kappa shape index (κ3) is 2.43. The summed E-state index contributed by atoms with van der Waals surface area (Å²) >= 11 is 0. The van der Waals surface area contributed by atoms with Crippen LogP contribution in [0, 0.1) is 5.92 Å². The summed E-state index contributed by atoms with van der Waals surface area (Å²) in [6.07, 6.45) is 1.36. The highest BCUT2D eigenvalue weighted by atomic mass is 16.4. The van der Waals surface area contributed by atoms with E-state index < -0.39 is 11.9 Å². The molecule has 70 valence electrons. The topological polar surface area (TPSA) is 67.5 Å². The molecule has 0 radical (unpaired) electrons. The largest absolute Gasteiger partial charge is 0.481 e. The molecule has 1 aromatic heterocycles. The number of rotatable bonds is 4. The summed E-state index contributed by atoms with van der Waals surface area (Å²) < 4.78 is 4.83. The molecule has 4 heteroatoms. The molecule has 0 aliphatic heterocycles. The Labute approximate surface area is 75.2 Å². The highest BCUT2D eigenvalue weighted by Crippen LogP contribution is 2.10. The van der Waals surface area contributed by atoms with E-state index >= 15 is 0 Å². The molecule has 0 spiro atoms. The molecule has 0 aliphatic carbocycles. The van der Waals surface area contributed by atoms with Gasteiger partial charge in [0.1, 0.15) is 0 Å². The SMILES string of the molecule is C[C@@H](CC(=O)c1ccco1)C(=O)O. The van der Waals surface area contributed by atoms with Crippen LogP contribution in [0.2, 0.25) is 0 Å². The first-order chi connectivity index (χ1) is 6.11. The van der Waals surface area contributed by atoms with Gasteiger partial charge in [-0.1, -0.05) is 6.92 Å². The second-order valence-corrected chi connectivity index (χ2v) is 2.84. The predicted molar refractivity (Wildman–Crippen MR) is 44.5 cm³/mol. The van der Waals surface area contributed by atoms with Crippen molar-refractivity contribution in [3.8, 4) is 0 Å². The normalized spacial score (nSPS) is 12.4. The second kappa shape index (κ2) is 3.89. The van der Waals surface area contributed by atoms with E-state index in [0.29, 0.717) is 0 Å². The molecule has 0 fully saturated rings. The number of furan rings is 1. The minimum absolute atomic E-state index is 0.0250. The maximum Gasteiger partial charge on any atom is 0.306 e. The number of carboxylic acids is 1. The number of Topliss-reactive ketones (excluding diaryl/α,β-unsaturated/α-hetero) is 1. The Morgan fingerprint density at radius 2 is 2.31 bits per heavy atom. The number of carboxylic acid groups (broad SMARTS) is 1. The van der Waals surface area contributed by atoms with Crippen LogP contribution in [-0.2, 0) is 4.79 Å². The monoisotopic (exact) mass is 182 g/mol. The molecule has 1 aromatic rings. The lowest BCUT2D eigenvalue weighted by molar-refractivity contribution is -0.141. The molecule has 4 nitrogen and oxygen atoms in total. The van der Waals surface area contributed by atoms with Gasteiger partial charge in [0, 0.05) is 6.42 Å². The van der Waals surface area contributed by atoms with E-state index in [-0.39, 0.29) is 18.0 Å². The first-order valence-corrected chi connectivity index (χ1v) is 3.90. The van der Waals surface area contributed by atoms with Gasteiger partial charge in [-0.2, -0.15) is 0 Å². The fourth-order valence-corrected chi connectivity index (χ4v) is 0.903. The number of hydrogen-bond donors (Lipinski definition) is 1. The van der Waals surface area contributed by atoms with Gasteiger partial charge in [-0.05, 0) is 12.1 Å². The van der Waals surface area contributed by atoms with Crippen molar-refractivity contribution < 1.29 is 19.1 Å². The van der Waals surface area contributed by atoms with E-state index in [1.807, 2.05) is 0 Å². The molecule has 1 atom stereocenters. The van der Waals surface area contributed by atoms with E-state index in [9.17, 15) is 9.59 Å². The molecule has 0 bridgehead atoms. The molecule has 1 heterocycles. The van der Waals surface area contributed by atoms with Crippen molar-refractivity contribution in [2.75, 3.05) is 0 Å². The average molecular weight is 182 g/mol. The van der Waals surface area contributed by atoms with Gasteiger partial charge in [0.05, 0.1) is 12.2 Å². The zero-order valence-electron chi connectivity index (χ0n) is 7.19. The molecule has 0 unspecified atom stereocenters. The van der Waals surface area contributed by atoms with Crippen LogP contribution in [0.4, 0.5) is 0 Å². The van der Waals surface area contributed by atoms with Crippen LogP contribution in [0.25, 0.3) is 0 Å². The highest BCUT2D eigenvalue weighted by Gasteiger charge is 2.18. The van der Waals surface area contributed by atoms with Gasteiger partial charge in [0.15, 0.2) is 11.5 Å². The lowest BCUT2D eigenvalue weighted by atomic mass is 10.0. The van der Waals surface area contributed by atoms with E-state index in [0.717, 1.165) is 0 Å². The number of aliphatic carboxylic acids is 1. The molecule has 0 saturated carbocycles. The third-order valence-corrected chi connectivity index (χ3v) is 1.71. The highest BCUT2D eigenvalue weighted by molar-refractivity contribution is 5.95. The van der Waals surface area contributed by atoms with Crippen molar-refractivity contribution in [1.29, 1.82) is 0 Å². The number of hydrogen-bond acceptors (Lipinski definition) is 3. The van der Waals surface area contributed by atoms with E-state index in [1.165, 1.54) is 19.3 Å². The van der Waals surface area contributed by atoms with Crippen molar-refractivity contribution >= 4 is 11.8 Å². The van der Waals surface area contributed by atoms with Gasteiger partial charge in [-0.3, -0.25) is 9.59 Å². The molecular weight excluding hydrogens is 172 g/mol. The van der Waals surface area contributed by atoms with Crippen LogP contribution in [0.15, 0.2) is 22.8 Å². The van der Waals surface area contributed by atoms with Gasteiger partial charge in [0.2, 0.25) is 0 Å². The number of ketones is 1. The number of carbonyl (C=O) groups is 2. The van der Waals surface area contributed by atoms with Crippen LogP contribution in [-0.4, -0.2) is 16.9 Å². The molecule has 13 heavy (non-hydrogen) atoms. The molecule has 1 N–H and O–H groups in total. The van der Waals surface area contributed by atoms with E-state index in [4.69, 9.17) is 9.52 Å². The molecule has 0 amide bonds. The van der Waals surface area contributed by atoms with Gasteiger partial charge in [-0.25, -0.2) is 0 Å². The molecule has 0 saturated heterocycles. The van der Waals surface area contributed by atoms with Gasteiger partial charge in [0.25, 0.3) is 0 Å². The van der Waals surface area contributed by atoms with Gasteiger partial charge >= 0.3 is 5.97 Å².